The predicted octanol–water partition coefficient (Wildman–Crippen LogP) is 1.22. The number of nitrogens with two attached hydrogens (primary N) is 1. The maximum atomic E-state index is 6.09. The Kier molecular flexibility index (Phi) is 3.73. The minimum atomic E-state index is -0.118. The van der Waals surface area contributed by atoms with Gasteiger partial charge in [0.25, 0.3) is 0 Å². The van der Waals surface area contributed by atoms with Gasteiger partial charge in [-0.2, -0.15) is 5.10 Å². The highest BCUT2D eigenvalue weighted by Gasteiger charge is 2.15. The summed E-state index contributed by atoms with van der Waals surface area (Å²) in [7, 11) is 1.88. The van der Waals surface area contributed by atoms with Gasteiger partial charge in [-0.3, -0.25) is 20.9 Å². The van der Waals surface area contributed by atoms with E-state index in [1.807, 2.05) is 13.2 Å². The summed E-state index contributed by atoms with van der Waals surface area (Å²) in [6.07, 6.45) is 6.15. The van der Waals surface area contributed by atoms with Gasteiger partial charge in [0.05, 0.1) is 23.0 Å². The molecule has 0 aliphatic carbocycles. The van der Waals surface area contributed by atoms with Crippen LogP contribution in [-0.4, -0.2) is 14.8 Å². The minimum absolute atomic E-state index is 0.118. The van der Waals surface area contributed by atoms with Gasteiger partial charge in [-0.15, -0.1) is 0 Å². The summed E-state index contributed by atoms with van der Waals surface area (Å²) in [5.41, 5.74) is 4.56. The summed E-state index contributed by atoms with van der Waals surface area (Å²) in [4.78, 5) is 4.25. The van der Waals surface area contributed by atoms with E-state index in [2.05, 4.69) is 15.5 Å². The van der Waals surface area contributed by atoms with Gasteiger partial charge in [0.15, 0.2) is 0 Å². The largest absolute Gasteiger partial charge is 0.276 e. The standard InChI is InChI=1S/C11H14ClN5/c1-17-7-8(6-15-17)5-10(16-13)11-9(12)3-2-4-14-11/h2-4,6-7,10,16H,5,13H2,1H3. The molecule has 17 heavy (non-hydrogen) atoms. The molecule has 2 heterocycles. The summed E-state index contributed by atoms with van der Waals surface area (Å²) >= 11 is 6.09. The molecule has 0 aliphatic rings. The Hall–Kier alpha value is -1.43. The fourth-order valence-corrected chi connectivity index (χ4v) is 1.96. The first-order valence-electron chi connectivity index (χ1n) is 5.24. The van der Waals surface area contributed by atoms with Gasteiger partial charge in [-0.05, 0) is 24.1 Å². The number of hydrogen-bond acceptors (Lipinski definition) is 4. The fraction of sp³-hybridized carbons (Fsp3) is 0.273. The zero-order valence-corrected chi connectivity index (χ0v) is 10.2. The molecule has 1 atom stereocenters. The third-order valence-electron chi connectivity index (χ3n) is 2.52. The van der Waals surface area contributed by atoms with Crippen LogP contribution in [-0.2, 0) is 13.5 Å². The van der Waals surface area contributed by atoms with Gasteiger partial charge in [0.1, 0.15) is 0 Å². The second-order valence-electron chi connectivity index (χ2n) is 3.82. The van der Waals surface area contributed by atoms with Crippen molar-refractivity contribution >= 4 is 11.6 Å². The molecule has 1 unspecified atom stereocenters. The van der Waals surface area contributed by atoms with Crippen LogP contribution in [0.4, 0.5) is 0 Å². The average molecular weight is 252 g/mol. The SMILES string of the molecule is Cn1cc(CC(NN)c2ncccc2Cl)cn1. The van der Waals surface area contributed by atoms with Crippen molar-refractivity contribution in [3.8, 4) is 0 Å². The zero-order valence-electron chi connectivity index (χ0n) is 9.47. The molecule has 90 valence electrons. The Morgan fingerprint density at radius 1 is 1.59 bits per heavy atom. The quantitative estimate of drug-likeness (QED) is 0.633. The van der Waals surface area contributed by atoms with Crippen LogP contribution in [0.2, 0.25) is 5.02 Å². The highest BCUT2D eigenvalue weighted by molar-refractivity contribution is 6.31. The van der Waals surface area contributed by atoms with E-state index in [0.29, 0.717) is 11.4 Å². The number of halogens is 1. The zero-order chi connectivity index (χ0) is 12.3. The van der Waals surface area contributed by atoms with Crippen LogP contribution < -0.4 is 11.3 Å². The molecular weight excluding hydrogens is 238 g/mol. The molecule has 0 fully saturated rings. The molecule has 0 aliphatic heterocycles. The topological polar surface area (TPSA) is 68.8 Å². The lowest BCUT2D eigenvalue weighted by Gasteiger charge is -2.15. The highest BCUT2D eigenvalue weighted by atomic mass is 35.5. The summed E-state index contributed by atoms with van der Waals surface area (Å²) in [6.45, 7) is 0. The smallest absolute Gasteiger partial charge is 0.0775 e. The van der Waals surface area contributed by atoms with Crippen molar-refractivity contribution in [2.24, 2.45) is 12.9 Å². The fourth-order valence-electron chi connectivity index (χ4n) is 1.70. The molecule has 0 saturated carbocycles. The van der Waals surface area contributed by atoms with Crippen molar-refractivity contribution in [3.63, 3.8) is 0 Å². The molecule has 6 heteroatoms. The second-order valence-corrected chi connectivity index (χ2v) is 4.22. The average Bonchev–Trinajstić information content (AvgIpc) is 2.73. The van der Waals surface area contributed by atoms with E-state index in [0.717, 1.165) is 11.3 Å². The van der Waals surface area contributed by atoms with E-state index >= 15 is 0 Å². The molecule has 0 spiro atoms. The lowest BCUT2D eigenvalue weighted by Crippen LogP contribution is -2.30. The van der Waals surface area contributed by atoms with E-state index in [1.54, 1.807) is 29.2 Å². The Balaban J connectivity index is 2.20. The van der Waals surface area contributed by atoms with Gasteiger partial charge in [-0.1, -0.05) is 11.6 Å². The van der Waals surface area contributed by atoms with Crippen LogP contribution in [0.5, 0.6) is 0 Å². The lowest BCUT2D eigenvalue weighted by molar-refractivity contribution is 0.538. The predicted molar refractivity (Wildman–Crippen MR) is 66.2 cm³/mol. The van der Waals surface area contributed by atoms with Crippen molar-refractivity contribution in [2.75, 3.05) is 0 Å². The highest BCUT2D eigenvalue weighted by Crippen LogP contribution is 2.22. The third kappa shape index (κ3) is 2.82. The van der Waals surface area contributed by atoms with Crippen molar-refractivity contribution < 1.29 is 0 Å². The number of hydrogen-bond donors (Lipinski definition) is 2. The van der Waals surface area contributed by atoms with Crippen molar-refractivity contribution in [2.45, 2.75) is 12.5 Å². The van der Waals surface area contributed by atoms with E-state index in [-0.39, 0.29) is 6.04 Å². The first kappa shape index (κ1) is 12.0. The minimum Gasteiger partial charge on any atom is -0.276 e. The molecule has 3 N–H and O–H groups in total. The monoisotopic (exact) mass is 251 g/mol. The molecule has 0 saturated heterocycles. The van der Waals surface area contributed by atoms with Crippen molar-refractivity contribution in [3.05, 3.63) is 47.0 Å². The normalized spacial score (nSPS) is 12.6. The van der Waals surface area contributed by atoms with Crippen LogP contribution in [0.3, 0.4) is 0 Å². The number of nitrogens with zero attached hydrogens (tertiary/aromatic N) is 3. The van der Waals surface area contributed by atoms with Gasteiger partial charge in [-0.25, -0.2) is 0 Å². The maximum Gasteiger partial charge on any atom is 0.0775 e. The van der Waals surface area contributed by atoms with Crippen molar-refractivity contribution in [1.82, 2.24) is 20.2 Å². The molecule has 2 aromatic heterocycles. The molecule has 2 rings (SSSR count). The summed E-state index contributed by atoms with van der Waals surface area (Å²) in [5.74, 6) is 5.55. The van der Waals surface area contributed by atoms with Crippen LogP contribution in [0, 0.1) is 0 Å². The van der Waals surface area contributed by atoms with E-state index < -0.39 is 0 Å². The molecule has 0 radical (unpaired) electrons. The lowest BCUT2D eigenvalue weighted by atomic mass is 10.1. The van der Waals surface area contributed by atoms with Gasteiger partial charge >= 0.3 is 0 Å². The number of hydrazine groups is 1. The Morgan fingerprint density at radius 3 is 3.00 bits per heavy atom. The van der Waals surface area contributed by atoms with Gasteiger partial charge in [0, 0.05) is 19.4 Å². The van der Waals surface area contributed by atoms with Gasteiger partial charge < -0.3 is 0 Å². The summed E-state index contributed by atoms with van der Waals surface area (Å²) < 4.78 is 1.75. The molecular formula is C11H14ClN5. The number of pyridine rings is 1. The molecule has 2 aromatic rings. The first-order valence-corrected chi connectivity index (χ1v) is 5.62. The van der Waals surface area contributed by atoms with Crippen LogP contribution in [0.1, 0.15) is 17.3 Å². The Morgan fingerprint density at radius 2 is 2.41 bits per heavy atom. The number of nitrogens with one attached hydrogen (secondary N) is 1. The summed E-state index contributed by atoms with van der Waals surface area (Å²) in [6, 6.07) is 3.48. The van der Waals surface area contributed by atoms with Crippen molar-refractivity contribution in [1.29, 1.82) is 0 Å². The second kappa shape index (κ2) is 5.27. The number of rotatable bonds is 4. The molecule has 0 aromatic carbocycles. The van der Waals surface area contributed by atoms with Crippen LogP contribution in [0.15, 0.2) is 30.7 Å². The molecule has 0 amide bonds. The summed E-state index contributed by atoms with van der Waals surface area (Å²) in [5, 5.41) is 4.73. The van der Waals surface area contributed by atoms with Crippen LogP contribution in [0.25, 0.3) is 0 Å². The number of aryl methyl sites for hydroxylation is 1. The Bertz CT molecular complexity index is 496. The number of aromatic nitrogens is 3. The first-order chi connectivity index (χ1) is 8.20. The van der Waals surface area contributed by atoms with E-state index in [9.17, 15) is 0 Å². The third-order valence-corrected chi connectivity index (χ3v) is 2.84. The Labute approximate surface area is 105 Å². The van der Waals surface area contributed by atoms with Gasteiger partial charge in [0.2, 0.25) is 0 Å². The maximum absolute atomic E-state index is 6.09. The van der Waals surface area contributed by atoms with E-state index in [1.165, 1.54) is 0 Å². The van der Waals surface area contributed by atoms with Crippen LogP contribution >= 0.6 is 11.6 Å². The van der Waals surface area contributed by atoms with E-state index in [4.69, 9.17) is 17.4 Å². The molecule has 5 nitrogen and oxygen atoms in total. The molecule has 0 bridgehead atoms.